The molecule has 0 fully saturated rings. The van der Waals surface area contributed by atoms with Gasteiger partial charge in [-0.25, -0.2) is 17.6 Å². The Bertz CT molecular complexity index is 743. The number of nitrogens with zero attached hydrogens (tertiary/aromatic N) is 2. The Morgan fingerprint density at radius 2 is 1.85 bits per heavy atom. The fraction of sp³-hybridized carbons (Fsp3) is 0.429. The second kappa shape index (κ2) is 7.29. The van der Waals surface area contributed by atoms with E-state index in [4.69, 9.17) is 0 Å². The highest BCUT2D eigenvalue weighted by molar-refractivity contribution is 5.99. The number of amides is 1. The Labute approximate surface area is 145 Å². The van der Waals surface area contributed by atoms with Gasteiger partial charge in [0.2, 0.25) is 5.72 Å². The standard InChI is InChI=1S/C14H10F8N2O3/c15-9(16)8-5-13(26,11(17)18)24(23-8)10(25)6-2-1-3-7(4-6)27-14(21,22)12(19)20/h1-4,9,11-12,26H,5H2/t13-/m0/s1. The molecule has 27 heavy (non-hydrogen) atoms. The topological polar surface area (TPSA) is 62.1 Å². The quantitative estimate of drug-likeness (QED) is 0.738. The van der Waals surface area contributed by atoms with E-state index in [1.165, 1.54) is 0 Å². The zero-order chi connectivity index (χ0) is 20.6. The molecule has 0 radical (unpaired) electrons. The Balaban J connectivity index is 2.35. The number of carbonyl (C=O) groups is 1. The number of carbonyl (C=O) groups excluding carboxylic acids is 1. The minimum absolute atomic E-state index is 0.302. The molecule has 1 aliphatic heterocycles. The van der Waals surface area contributed by atoms with Crippen LogP contribution in [0.25, 0.3) is 0 Å². The summed E-state index contributed by atoms with van der Waals surface area (Å²) in [6.45, 7) is 0. The van der Waals surface area contributed by atoms with Crippen LogP contribution in [-0.2, 0) is 0 Å². The molecule has 0 spiro atoms. The number of ether oxygens (including phenoxy) is 1. The Morgan fingerprint density at radius 3 is 2.37 bits per heavy atom. The molecule has 0 unspecified atom stereocenters. The van der Waals surface area contributed by atoms with Crippen LogP contribution >= 0.6 is 0 Å². The van der Waals surface area contributed by atoms with E-state index in [1.807, 2.05) is 0 Å². The van der Waals surface area contributed by atoms with Crippen molar-refractivity contribution < 1.29 is 49.8 Å². The molecule has 1 aliphatic rings. The van der Waals surface area contributed by atoms with Gasteiger partial charge in [-0.05, 0) is 18.2 Å². The lowest BCUT2D eigenvalue weighted by molar-refractivity contribution is -0.253. The highest BCUT2D eigenvalue weighted by Gasteiger charge is 2.53. The minimum atomic E-state index is -4.90. The van der Waals surface area contributed by atoms with Crippen molar-refractivity contribution in [2.75, 3.05) is 0 Å². The molecular weight excluding hydrogens is 396 g/mol. The van der Waals surface area contributed by atoms with Crippen LogP contribution < -0.4 is 4.74 Å². The van der Waals surface area contributed by atoms with E-state index in [1.54, 1.807) is 0 Å². The summed E-state index contributed by atoms with van der Waals surface area (Å²) in [4.78, 5) is 12.3. The van der Waals surface area contributed by atoms with Crippen molar-refractivity contribution >= 4 is 11.6 Å². The summed E-state index contributed by atoms with van der Waals surface area (Å²) in [6.07, 6.45) is -17.5. The van der Waals surface area contributed by atoms with Crippen LogP contribution in [0.2, 0.25) is 0 Å². The van der Waals surface area contributed by atoms with Gasteiger partial charge < -0.3 is 9.84 Å². The Kier molecular flexibility index (Phi) is 5.63. The van der Waals surface area contributed by atoms with Gasteiger partial charge in [0.1, 0.15) is 11.5 Å². The first-order valence-electron chi connectivity index (χ1n) is 7.04. The van der Waals surface area contributed by atoms with Gasteiger partial charge in [0.25, 0.3) is 18.8 Å². The van der Waals surface area contributed by atoms with Crippen LogP contribution in [0.5, 0.6) is 5.75 Å². The van der Waals surface area contributed by atoms with Gasteiger partial charge in [0.15, 0.2) is 0 Å². The van der Waals surface area contributed by atoms with E-state index in [-0.39, 0.29) is 5.01 Å². The SMILES string of the molecule is O=C(c1cccc(OC(F)(F)C(F)F)c1)N1N=C(C(F)F)C[C@]1(O)C(F)F. The molecule has 1 atom stereocenters. The van der Waals surface area contributed by atoms with E-state index < -0.39 is 60.5 Å². The van der Waals surface area contributed by atoms with E-state index in [2.05, 4.69) is 9.84 Å². The monoisotopic (exact) mass is 406 g/mol. The lowest BCUT2D eigenvalue weighted by Crippen LogP contribution is -2.51. The van der Waals surface area contributed by atoms with Crippen molar-refractivity contribution in [3.63, 3.8) is 0 Å². The molecular formula is C14H10F8N2O3. The molecule has 5 nitrogen and oxygen atoms in total. The number of hydrazone groups is 1. The van der Waals surface area contributed by atoms with Crippen LogP contribution in [0.3, 0.4) is 0 Å². The molecule has 1 amide bonds. The summed E-state index contributed by atoms with van der Waals surface area (Å²) in [5, 5.41) is 12.5. The highest BCUT2D eigenvalue weighted by atomic mass is 19.3. The largest absolute Gasteiger partial charge is 0.461 e. The summed E-state index contributed by atoms with van der Waals surface area (Å²) in [5.74, 6) is -2.48. The molecule has 0 aliphatic carbocycles. The summed E-state index contributed by atoms with van der Waals surface area (Å²) in [7, 11) is 0. The second-order valence-corrected chi connectivity index (χ2v) is 5.36. The van der Waals surface area contributed by atoms with E-state index in [0.717, 1.165) is 18.2 Å². The average molecular weight is 406 g/mol. The number of alkyl halides is 8. The van der Waals surface area contributed by atoms with Gasteiger partial charge >= 0.3 is 12.5 Å². The zero-order valence-electron chi connectivity index (χ0n) is 12.9. The van der Waals surface area contributed by atoms with Crippen molar-refractivity contribution in [1.29, 1.82) is 0 Å². The molecule has 1 aromatic rings. The third-order valence-electron chi connectivity index (χ3n) is 3.42. The Hall–Kier alpha value is -2.44. The van der Waals surface area contributed by atoms with E-state index >= 15 is 0 Å². The maximum Gasteiger partial charge on any atom is 0.461 e. The third kappa shape index (κ3) is 4.12. The minimum Gasteiger partial charge on any atom is -0.428 e. The van der Waals surface area contributed by atoms with Gasteiger partial charge in [-0.2, -0.15) is 27.7 Å². The summed E-state index contributed by atoms with van der Waals surface area (Å²) < 4.78 is 106. The van der Waals surface area contributed by atoms with Gasteiger partial charge in [-0.1, -0.05) is 6.07 Å². The molecule has 0 saturated heterocycles. The molecule has 0 saturated carbocycles. The first-order valence-corrected chi connectivity index (χ1v) is 7.04. The zero-order valence-corrected chi connectivity index (χ0v) is 12.9. The van der Waals surface area contributed by atoms with Crippen LogP contribution in [0.15, 0.2) is 29.4 Å². The van der Waals surface area contributed by atoms with Crippen LogP contribution in [0.1, 0.15) is 16.8 Å². The molecule has 1 aromatic carbocycles. The smallest absolute Gasteiger partial charge is 0.428 e. The predicted molar refractivity (Wildman–Crippen MR) is 73.2 cm³/mol. The lowest BCUT2D eigenvalue weighted by atomic mass is 10.1. The van der Waals surface area contributed by atoms with Crippen LogP contribution in [-0.4, -0.2) is 52.8 Å². The van der Waals surface area contributed by atoms with Crippen molar-refractivity contribution in [3.8, 4) is 5.75 Å². The van der Waals surface area contributed by atoms with E-state index in [0.29, 0.717) is 6.07 Å². The van der Waals surface area contributed by atoms with Gasteiger partial charge in [0, 0.05) is 12.0 Å². The summed E-state index contributed by atoms with van der Waals surface area (Å²) in [6, 6.07) is 3.02. The highest BCUT2D eigenvalue weighted by Crippen LogP contribution is 2.35. The molecule has 0 bridgehead atoms. The first kappa shape index (κ1) is 20.9. The van der Waals surface area contributed by atoms with Crippen LogP contribution in [0, 0.1) is 0 Å². The number of benzene rings is 1. The number of aliphatic hydroxyl groups is 1. The van der Waals surface area contributed by atoms with Crippen molar-refractivity contribution in [3.05, 3.63) is 29.8 Å². The normalized spacial score (nSPS) is 20.6. The van der Waals surface area contributed by atoms with E-state index in [9.17, 15) is 45.0 Å². The third-order valence-corrected chi connectivity index (χ3v) is 3.42. The summed E-state index contributed by atoms with van der Waals surface area (Å²) >= 11 is 0. The Morgan fingerprint density at radius 1 is 1.22 bits per heavy atom. The number of halogens is 8. The fourth-order valence-electron chi connectivity index (χ4n) is 2.12. The van der Waals surface area contributed by atoms with Crippen molar-refractivity contribution in [2.24, 2.45) is 5.10 Å². The molecule has 0 aromatic heterocycles. The number of hydrogen-bond donors (Lipinski definition) is 1. The average Bonchev–Trinajstić information content (AvgIpc) is 2.93. The first-order chi connectivity index (χ1) is 12.4. The lowest BCUT2D eigenvalue weighted by Gasteiger charge is -2.30. The molecule has 150 valence electrons. The molecule has 1 heterocycles. The molecule has 1 N–H and O–H groups in total. The molecule has 13 heteroatoms. The summed E-state index contributed by atoms with van der Waals surface area (Å²) in [5.41, 5.74) is -5.27. The van der Waals surface area contributed by atoms with Gasteiger partial charge in [0.05, 0.1) is 0 Å². The molecule has 2 rings (SSSR count). The predicted octanol–water partition coefficient (Wildman–Crippen LogP) is 3.34. The fourth-order valence-corrected chi connectivity index (χ4v) is 2.12. The maximum atomic E-state index is 13.1. The number of rotatable bonds is 6. The maximum absolute atomic E-state index is 13.1. The van der Waals surface area contributed by atoms with Crippen LogP contribution in [0.4, 0.5) is 35.1 Å². The number of hydrogen-bond acceptors (Lipinski definition) is 4. The second-order valence-electron chi connectivity index (χ2n) is 5.36. The van der Waals surface area contributed by atoms with Gasteiger partial charge in [-0.3, -0.25) is 4.79 Å². The van der Waals surface area contributed by atoms with Gasteiger partial charge in [-0.15, -0.1) is 0 Å². The van der Waals surface area contributed by atoms with Crippen molar-refractivity contribution in [1.82, 2.24) is 5.01 Å². The van der Waals surface area contributed by atoms with Crippen molar-refractivity contribution in [2.45, 2.75) is 37.5 Å².